The van der Waals surface area contributed by atoms with Crippen LogP contribution in [-0.4, -0.2) is 22.8 Å². The Bertz CT molecular complexity index is 331. The molecule has 0 bridgehead atoms. The van der Waals surface area contributed by atoms with Crippen molar-refractivity contribution >= 4 is 11.8 Å². The van der Waals surface area contributed by atoms with Crippen molar-refractivity contribution in [3.63, 3.8) is 0 Å². The molecular weight excluding hydrogens is 184 g/mol. The second-order valence-electron chi connectivity index (χ2n) is 3.80. The number of anilines is 1. The average Bonchev–Trinajstić information content (AvgIpc) is 2.52. The van der Waals surface area contributed by atoms with Crippen LogP contribution in [0.1, 0.15) is 26.5 Å². The van der Waals surface area contributed by atoms with E-state index in [-0.39, 0.29) is 12.5 Å². The van der Waals surface area contributed by atoms with E-state index >= 15 is 0 Å². The smallest absolute Gasteiger partial charge is 0.231 e. The molecule has 1 rings (SSSR count). The second-order valence-corrected chi connectivity index (χ2v) is 3.80. The van der Waals surface area contributed by atoms with E-state index in [0.717, 1.165) is 0 Å². The molecule has 1 heterocycles. The molecule has 1 aromatic heterocycles. The van der Waals surface area contributed by atoms with Crippen molar-refractivity contribution in [2.24, 2.45) is 0 Å². The first kappa shape index (κ1) is 10.7. The zero-order valence-electron chi connectivity index (χ0n) is 8.50. The normalized spacial score (nSPS) is 11.4. The summed E-state index contributed by atoms with van der Waals surface area (Å²) in [6.07, 6.45) is 0. The molecule has 0 aliphatic rings. The van der Waals surface area contributed by atoms with Gasteiger partial charge in [0.25, 0.3) is 0 Å². The van der Waals surface area contributed by atoms with Gasteiger partial charge in [-0.2, -0.15) is 0 Å². The van der Waals surface area contributed by atoms with Crippen LogP contribution in [-0.2, 0) is 10.2 Å². The molecule has 78 valence electrons. The SMILES string of the molecule is CC(=O)Nc1cc(C(C)(C)CO)no1. The molecule has 0 atom stereocenters. The summed E-state index contributed by atoms with van der Waals surface area (Å²) in [5.41, 5.74) is 0.156. The highest BCUT2D eigenvalue weighted by atomic mass is 16.5. The van der Waals surface area contributed by atoms with Crippen molar-refractivity contribution in [3.8, 4) is 0 Å². The van der Waals surface area contributed by atoms with Gasteiger partial charge >= 0.3 is 0 Å². The van der Waals surface area contributed by atoms with Crippen LogP contribution in [0.5, 0.6) is 0 Å². The number of carbonyl (C=O) groups excluding carboxylic acids is 1. The molecule has 0 aliphatic heterocycles. The van der Waals surface area contributed by atoms with E-state index in [2.05, 4.69) is 10.5 Å². The zero-order chi connectivity index (χ0) is 10.8. The van der Waals surface area contributed by atoms with Crippen LogP contribution < -0.4 is 5.32 Å². The van der Waals surface area contributed by atoms with Crippen molar-refractivity contribution in [1.29, 1.82) is 0 Å². The van der Waals surface area contributed by atoms with Gasteiger partial charge in [0.15, 0.2) is 0 Å². The number of carbonyl (C=O) groups is 1. The molecule has 0 saturated heterocycles. The van der Waals surface area contributed by atoms with Gasteiger partial charge in [0.05, 0.1) is 12.3 Å². The monoisotopic (exact) mass is 198 g/mol. The van der Waals surface area contributed by atoms with Crippen molar-refractivity contribution in [1.82, 2.24) is 5.16 Å². The van der Waals surface area contributed by atoms with Crippen molar-refractivity contribution in [2.45, 2.75) is 26.2 Å². The summed E-state index contributed by atoms with van der Waals surface area (Å²) in [5, 5.41) is 15.3. The van der Waals surface area contributed by atoms with Gasteiger partial charge in [-0.05, 0) is 0 Å². The fraction of sp³-hybridized carbons (Fsp3) is 0.556. The molecule has 1 aromatic rings. The van der Waals surface area contributed by atoms with E-state index in [9.17, 15) is 4.79 Å². The van der Waals surface area contributed by atoms with Crippen LogP contribution in [0.25, 0.3) is 0 Å². The summed E-state index contributed by atoms with van der Waals surface area (Å²) >= 11 is 0. The number of hydrogen-bond donors (Lipinski definition) is 2. The summed E-state index contributed by atoms with van der Waals surface area (Å²) in [7, 11) is 0. The van der Waals surface area contributed by atoms with E-state index in [1.54, 1.807) is 6.07 Å². The zero-order valence-corrected chi connectivity index (χ0v) is 8.50. The van der Waals surface area contributed by atoms with Crippen LogP contribution >= 0.6 is 0 Å². The molecule has 5 heteroatoms. The molecule has 5 nitrogen and oxygen atoms in total. The van der Waals surface area contributed by atoms with E-state index in [0.29, 0.717) is 11.6 Å². The summed E-state index contributed by atoms with van der Waals surface area (Å²) in [4.78, 5) is 10.7. The fourth-order valence-electron chi connectivity index (χ4n) is 0.908. The van der Waals surface area contributed by atoms with Crippen molar-refractivity contribution in [3.05, 3.63) is 11.8 Å². The molecular formula is C9H14N2O3. The number of aliphatic hydroxyl groups excluding tert-OH is 1. The highest BCUT2D eigenvalue weighted by Gasteiger charge is 2.24. The van der Waals surface area contributed by atoms with Gasteiger partial charge in [0.1, 0.15) is 0 Å². The Kier molecular flexibility index (Phi) is 2.90. The molecule has 1 amide bonds. The lowest BCUT2D eigenvalue weighted by Gasteiger charge is -2.16. The third kappa shape index (κ3) is 2.32. The predicted molar refractivity (Wildman–Crippen MR) is 50.9 cm³/mol. The number of nitrogens with zero attached hydrogens (tertiary/aromatic N) is 1. The summed E-state index contributed by atoms with van der Waals surface area (Å²) < 4.78 is 4.87. The van der Waals surface area contributed by atoms with Crippen molar-refractivity contribution in [2.75, 3.05) is 11.9 Å². The summed E-state index contributed by atoms with van der Waals surface area (Å²) in [6, 6.07) is 1.61. The number of aliphatic hydroxyl groups is 1. The Labute approximate surface area is 82.1 Å². The third-order valence-corrected chi connectivity index (χ3v) is 1.90. The fourth-order valence-corrected chi connectivity index (χ4v) is 0.908. The lowest BCUT2D eigenvalue weighted by atomic mass is 9.91. The number of rotatable bonds is 3. The number of amides is 1. The first-order chi connectivity index (χ1) is 6.45. The molecule has 0 fully saturated rings. The third-order valence-electron chi connectivity index (χ3n) is 1.90. The Balaban J connectivity index is 2.82. The lowest BCUT2D eigenvalue weighted by molar-refractivity contribution is -0.114. The van der Waals surface area contributed by atoms with E-state index in [4.69, 9.17) is 9.63 Å². The van der Waals surface area contributed by atoms with Gasteiger partial charge in [0.2, 0.25) is 11.8 Å². The maximum absolute atomic E-state index is 10.7. The first-order valence-electron chi connectivity index (χ1n) is 4.31. The predicted octanol–water partition coefficient (Wildman–Crippen LogP) is 0.903. The Morgan fingerprint density at radius 2 is 2.36 bits per heavy atom. The molecule has 14 heavy (non-hydrogen) atoms. The highest BCUT2D eigenvalue weighted by molar-refractivity contribution is 5.87. The molecule has 2 N–H and O–H groups in total. The molecule has 0 saturated carbocycles. The quantitative estimate of drug-likeness (QED) is 0.756. The Morgan fingerprint density at radius 3 is 2.86 bits per heavy atom. The van der Waals surface area contributed by atoms with E-state index < -0.39 is 5.41 Å². The minimum absolute atomic E-state index is 0.0287. The van der Waals surface area contributed by atoms with Gasteiger partial charge in [-0.25, -0.2) is 0 Å². The summed E-state index contributed by atoms with van der Waals surface area (Å²) in [5.74, 6) is 0.0866. The highest BCUT2D eigenvalue weighted by Crippen LogP contribution is 2.23. The molecule has 0 unspecified atom stereocenters. The number of aromatic nitrogens is 1. The van der Waals surface area contributed by atoms with Crippen molar-refractivity contribution < 1.29 is 14.4 Å². The lowest BCUT2D eigenvalue weighted by Crippen LogP contribution is -2.22. The van der Waals surface area contributed by atoms with Gasteiger partial charge in [-0.1, -0.05) is 19.0 Å². The van der Waals surface area contributed by atoms with Crippen LogP contribution in [0.3, 0.4) is 0 Å². The average molecular weight is 198 g/mol. The van der Waals surface area contributed by atoms with E-state index in [1.165, 1.54) is 6.92 Å². The number of hydrogen-bond acceptors (Lipinski definition) is 4. The Morgan fingerprint density at radius 1 is 1.71 bits per heavy atom. The molecule has 0 aromatic carbocycles. The minimum Gasteiger partial charge on any atom is -0.395 e. The summed E-state index contributed by atoms with van der Waals surface area (Å²) in [6.45, 7) is 5.03. The number of nitrogens with one attached hydrogen (secondary N) is 1. The van der Waals surface area contributed by atoms with Gasteiger partial charge in [-0.15, -0.1) is 0 Å². The minimum atomic E-state index is -0.458. The van der Waals surface area contributed by atoms with Gasteiger partial charge < -0.3 is 9.63 Å². The maximum Gasteiger partial charge on any atom is 0.231 e. The topological polar surface area (TPSA) is 75.4 Å². The van der Waals surface area contributed by atoms with Gasteiger partial charge in [-0.3, -0.25) is 10.1 Å². The van der Waals surface area contributed by atoms with Crippen LogP contribution in [0.4, 0.5) is 5.88 Å². The first-order valence-corrected chi connectivity index (χ1v) is 4.31. The maximum atomic E-state index is 10.7. The van der Waals surface area contributed by atoms with Gasteiger partial charge in [0, 0.05) is 18.4 Å². The largest absolute Gasteiger partial charge is 0.395 e. The Hall–Kier alpha value is -1.36. The molecule has 0 spiro atoms. The molecule has 0 aliphatic carbocycles. The standard InChI is InChI=1S/C9H14N2O3/c1-6(13)10-8-4-7(11-14-8)9(2,3)5-12/h4,12H,5H2,1-3H3,(H,10,13). The van der Waals surface area contributed by atoms with E-state index in [1.807, 2.05) is 13.8 Å². The van der Waals surface area contributed by atoms with Crippen LogP contribution in [0, 0.1) is 0 Å². The van der Waals surface area contributed by atoms with Crippen LogP contribution in [0.15, 0.2) is 10.6 Å². The second kappa shape index (κ2) is 3.79. The molecule has 0 radical (unpaired) electrons. The van der Waals surface area contributed by atoms with Crippen LogP contribution in [0.2, 0.25) is 0 Å².